The van der Waals surface area contributed by atoms with Crippen LogP contribution in [-0.4, -0.2) is 31.1 Å². The molecule has 7 heteroatoms. The molecule has 2 aromatic heterocycles. The predicted octanol–water partition coefficient (Wildman–Crippen LogP) is 1.70. The smallest absolute Gasteiger partial charge is 0.275 e. The molecule has 7 nitrogen and oxygen atoms in total. The number of benzene rings is 1. The van der Waals surface area contributed by atoms with E-state index in [-0.39, 0.29) is 24.1 Å². The van der Waals surface area contributed by atoms with Crippen LogP contribution in [0.25, 0.3) is 17.2 Å². The minimum atomic E-state index is -0.264. The summed E-state index contributed by atoms with van der Waals surface area (Å²) in [6.45, 7) is 7.64. The first-order valence-corrected chi connectivity index (χ1v) is 8.19. The Balaban J connectivity index is 2.13. The van der Waals surface area contributed by atoms with E-state index in [9.17, 15) is 9.59 Å². The third kappa shape index (κ3) is 3.31. The predicted molar refractivity (Wildman–Crippen MR) is 95.4 cm³/mol. The van der Waals surface area contributed by atoms with Crippen LogP contribution in [0.15, 0.2) is 35.1 Å². The minimum Gasteiger partial charge on any atom is -0.352 e. The Labute approximate surface area is 145 Å². The van der Waals surface area contributed by atoms with Gasteiger partial charge in [-0.25, -0.2) is 0 Å². The van der Waals surface area contributed by atoms with E-state index in [1.807, 2.05) is 45.0 Å². The Kier molecular flexibility index (Phi) is 4.39. The van der Waals surface area contributed by atoms with Crippen molar-refractivity contribution in [3.8, 4) is 11.4 Å². The first kappa shape index (κ1) is 16.9. The highest BCUT2D eigenvalue weighted by Gasteiger charge is 2.16. The zero-order chi connectivity index (χ0) is 18.1. The summed E-state index contributed by atoms with van der Waals surface area (Å²) >= 11 is 0. The standard InChI is InChI=1S/C18H21N5O2/c1-11(2)19-15(24)10-22-13(4)9-16(25)23-18(22)20-17(21-23)14-8-6-5-7-12(14)3/h5-9,11H,10H2,1-4H3,(H,19,24). The summed E-state index contributed by atoms with van der Waals surface area (Å²) in [5, 5.41) is 7.20. The van der Waals surface area contributed by atoms with Gasteiger partial charge in [0.2, 0.25) is 11.7 Å². The maximum atomic E-state index is 12.3. The number of nitrogens with one attached hydrogen (secondary N) is 1. The lowest BCUT2D eigenvalue weighted by atomic mass is 10.1. The fraction of sp³-hybridized carbons (Fsp3) is 0.333. The lowest BCUT2D eigenvalue weighted by Gasteiger charge is -2.13. The van der Waals surface area contributed by atoms with Crippen molar-refractivity contribution in [2.45, 2.75) is 40.3 Å². The van der Waals surface area contributed by atoms with Gasteiger partial charge in [-0.3, -0.25) is 9.59 Å². The van der Waals surface area contributed by atoms with Gasteiger partial charge < -0.3 is 9.88 Å². The molecule has 0 saturated heterocycles. The molecule has 0 saturated carbocycles. The zero-order valence-corrected chi connectivity index (χ0v) is 14.8. The number of rotatable bonds is 4. The normalized spacial score (nSPS) is 11.2. The fourth-order valence-electron chi connectivity index (χ4n) is 2.75. The van der Waals surface area contributed by atoms with Gasteiger partial charge in [0.25, 0.3) is 5.56 Å². The van der Waals surface area contributed by atoms with Crippen LogP contribution in [-0.2, 0) is 11.3 Å². The van der Waals surface area contributed by atoms with E-state index in [4.69, 9.17) is 0 Å². The van der Waals surface area contributed by atoms with Crippen molar-refractivity contribution in [1.82, 2.24) is 24.5 Å². The molecule has 2 heterocycles. The van der Waals surface area contributed by atoms with Gasteiger partial charge in [-0.15, -0.1) is 5.10 Å². The number of carbonyl (C=O) groups excluding carboxylic acids is 1. The van der Waals surface area contributed by atoms with Crippen molar-refractivity contribution >= 4 is 11.7 Å². The number of carbonyl (C=O) groups is 1. The number of hydrogen-bond donors (Lipinski definition) is 1. The summed E-state index contributed by atoms with van der Waals surface area (Å²) < 4.78 is 2.95. The second-order valence-corrected chi connectivity index (χ2v) is 6.39. The topological polar surface area (TPSA) is 81.3 Å². The lowest BCUT2D eigenvalue weighted by molar-refractivity contribution is -0.122. The Bertz CT molecular complexity index is 1000. The van der Waals surface area contributed by atoms with Crippen LogP contribution < -0.4 is 10.9 Å². The van der Waals surface area contributed by atoms with Gasteiger partial charge in [0, 0.05) is 23.4 Å². The maximum absolute atomic E-state index is 12.3. The summed E-state index contributed by atoms with van der Waals surface area (Å²) in [4.78, 5) is 29.0. The first-order valence-electron chi connectivity index (χ1n) is 8.19. The van der Waals surface area contributed by atoms with Crippen molar-refractivity contribution in [3.63, 3.8) is 0 Å². The molecule has 1 amide bonds. The van der Waals surface area contributed by atoms with E-state index in [0.29, 0.717) is 17.3 Å². The van der Waals surface area contributed by atoms with Crippen LogP contribution in [0.3, 0.4) is 0 Å². The molecule has 0 unspecified atom stereocenters. The second kappa shape index (κ2) is 6.51. The molecular weight excluding hydrogens is 318 g/mol. The summed E-state index contributed by atoms with van der Waals surface area (Å²) in [5.74, 6) is 0.699. The van der Waals surface area contributed by atoms with Gasteiger partial charge in [-0.1, -0.05) is 24.3 Å². The number of amides is 1. The van der Waals surface area contributed by atoms with Gasteiger partial charge in [-0.2, -0.15) is 9.50 Å². The van der Waals surface area contributed by atoms with E-state index < -0.39 is 0 Å². The van der Waals surface area contributed by atoms with Crippen molar-refractivity contribution < 1.29 is 4.79 Å². The van der Waals surface area contributed by atoms with Crippen molar-refractivity contribution in [2.75, 3.05) is 0 Å². The molecule has 0 bridgehead atoms. The molecule has 0 atom stereocenters. The highest BCUT2D eigenvalue weighted by molar-refractivity contribution is 5.76. The molecule has 0 aliphatic carbocycles. The van der Waals surface area contributed by atoms with Gasteiger partial charge in [0.15, 0.2) is 5.82 Å². The van der Waals surface area contributed by atoms with Crippen LogP contribution >= 0.6 is 0 Å². The van der Waals surface area contributed by atoms with E-state index in [1.165, 1.54) is 10.6 Å². The number of nitrogens with zero attached hydrogens (tertiary/aromatic N) is 4. The Morgan fingerprint density at radius 2 is 1.96 bits per heavy atom. The van der Waals surface area contributed by atoms with Gasteiger partial charge in [0.05, 0.1) is 0 Å². The van der Waals surface area contributed by atoms with E-state index >= 15 is 0 Å². The average molecular weight is 339 g/mol. The summed E-state index contributed by atoms with van der Waals surface area (Å²) in [7, 11) is 0. The van der Waals surface area contributed by atoms with Crippen molar-refractivity contribution in [2.24, 2.45) is 0 Å². The van der Waals surface area contributed by atoms with E-state index in [2.05, 4.69) is 15.4 Å². The molecule has 25 heavy (non-hydrogen) atoms. The van der Waals surface area contributed by atoms with Crippen LogP contribution in [0.4, 0.5) is 0 Å². The minimum absolute atomic E-state index is 0.0450. The van der Waals surface area contributed by atoms with E-state index in [1.54, 1.807) is 11.5 Å². The van der Waals surface area contributed by atoms with Crippen LogP contribution in [0.5, 0.6) is 0 Å². The molecule has 0 spiro atoms. The molecule has 0 aliphatic heterocycles. The SMILES string of the molecule is Cc1ccccc1-c1nc2n(CC(=O)NC(C)C)c(C)cc(=O)n2n1. The maximum Gasteiger partial charge on any atom is 0.275 e. The molecule has 130 valence electrons. The number of hydrogen-bond acceptors (Lipinski definition) is 4. The summed E-state index contributed by atoms with van der Waals surface area (Å²) in [5.41, 5.74) is 2.29. The Morgan fingerprint density at radius 3 is 2.64 bits per heavy atom. The largest absolute Gasteiger partial charge is 0.352 e. The Hall–Kier alpha value is -2.96. The molecule has 0 fully saturated rings. The highest BCUT2D eigenvalue weighted by atomic mass is 16.2. The van der Waals surface area contributed by atoms with Crippen molar-refractivity contribution in [1.29, 1.82) is 0 Å². The highest BCUT2D eigenvalue weighted by Crippen LogP contribution is 2.20. The zero-order valence-electron chi connectivity index (χ0n) is 14.8. The molecule has 3 aromatic rings. The average Bonchev–Trinajstić information content (AvgIpc) is 2.96. The number of fused-ring (bicyclic) bond motifs is 1. The molecule has 1 aromatic carbocycles. The third-order valence-electron chi connectivity index (χ3n) is 3.94. The van der Waals surface area contributed by atoms with Crippen LogP contribution in [0.2, 0.25) is 0 Å². The van der Waals surface area contributed by atoms with Crippen LogP contribution in [0, 0.1) is 13.8 Å². The van der Waals surface area contributed by atoms with Gasteiger partial charge in [-0.05, 0) is 33.3 Å². The fourth-order valence-corrected chi connectivity index (χ4v) is 2.75. The summed E-state index contributed by atoms with van der Waals surface area (Å²) in [6, 6.07) is 9.23. The Morgan fingerprint density at radius 1 is 1.24 bits per heavy atom. The molecule has 3 rings (SSSR count). The molecule has 0 radical (unpaired) electrons. The van der Waals surface area contributed by atoms with Crippen LogP contribution in [0.1, 0.15) is 25.1 Å². The number of aromatic nitrogens is 4. The van der Waals surface area contributed by atoms with Gasteiger partial charge >= 0.3 is 0 Å². The lowest BCUT2D eigenvalue weighted by Crippen LogP contribution is -2.34. The monoisotopic (exact) mass is 339 g/mol. The molecule has 0 aliphatic rings. The quantitative estimate of drug-likeness (QED) is 0.784. The molecule has 1 N–H and O–H groups in total. The molecular formula is C18H21N5O2. The summed E-state index contributed by atoms with van der Waals surface area (Å²) in [6.07, 6.45) is 0. The van der Waals surface area contributed by atoms with Crippen molar-refractivity contribution in [3.05, 3.63) is 51.9 Å². The second-order valence-electron chi connectivity index (χ2n) is 6.39. The van der Waals surface area contributed by atoms with E-state index in [0.717, 1.165) is 11.1 Å². The first-order chi connectivity index (χ1) is 11.9. The number of aryl methyl sites for hydroxylation is 2. The third-order valence-corrected chi connectivity index (χ3v) is 3.94. The van der Waals surface area contributed by atoms with Gasteiger partial charge in [0.1, 0.15) is 6.54 Å².